The van der Waals surface area contributed by atoms with Gasteiger partial charge in [-0.3, -0.25) is 9.59 Å². The first-order chi connectivity index (χ1) is 9.38. The van der Waals surface area contributed by atoms with Crippen LogP contribution in [-0.4, -0.2) is 5.78 Å². The number of benzene rings is 1. The largest absolute Gasteiger partial charge is 0.445 e. The van der Waals surface area contributed by atoms with Gasteiger partial charge in [0.25, 0.3) is 0 Å². The Morgan fingerprint density at radius 1 is 1.25 bits per heavy atom. The summed E-state index contributed by atoms with van der Waals surface area (Å²) in [6.45, 7) is 4.87. The number of hydrogen-bond acceptors (Lipinski definition) is 4. The normalized spacial score (nSPS) is 10.4. The van der Waals surface area contributed by atoms with Gasteiger partial charge in [0.15, 0.2) is 11.2 Å². The van der Waals surface area contributed by atoms with E-state index < -0.39 is 0 Å². The second-order valence-corrected chi connectivity index (χ2v) is 5.00. The van der Waals surface area contributed by atoms with E-state index in [0.29, 0.717) is 16.5 Å². The minimum Gasteiger partial charge on any atom is -0.445 e. The Morgan fingerprint density at radius 3 is 2.60 bits per heavy atom. The molecule has 0 saturated carbocycles. The lowest BCUT2D eigenvalue weighted by atomic mass is 10.1. The third-order valence-corrected chi connectivity index (χ3v) is 3.11. The molecular weight excluding hydrogens is 278 g/mol. The van der Waals surface area contributed by atoms with Crippen LogP contribution in [-0.2, 0) is 0 Å². The number of aryl methyl sites for hydroxylation is 2. The van der Waals surface area contributed by atoms with E-state index in [0.717, 1.165) is 5.56 Å². The maximum atomic E-state index is 11.9. The molecule has 2 rings (SSSR count). The molecule has 0 amide bonds. The fourth-order valence-corrected chi connectivity index (χ4v) is 2.05. The standard InChI is InChI=1S/C15H14ClNO3/c1-8-4-5-11(16)7-12(8)17-15-14(10(3)18)13(19)6-9(2)20-15/h4-7,17H,1-3H3. The zero-order valence-corrected chi connectivity index (χ0v) is 12.2. The summed E-state index contributed by atoms with van der Waals surface area (Å²) in [7, 11) is 0. The smallest absolute Gasteiger partial charge is 0.212 e. The third kappa shape index (κ3) is 2.91. The Kier molecular flexibility index (Phi) is 3.95. The molecule has 0 saturated heterocycles. The molecule has 104 valence electrons. The summed E-state index contributed by atoms with van der Waals surface area (Å²) in [5, 5.41) is 3.53. The van der Waals surface area contributed by atoms with Crippen molar-refractivity contribution in [1.29, 1.82) is 0 Å². The maximum absolute atomic E-state index is 11.9. The molecule has 0 unspecified atom stereocenters. The van der Waals surface area contributed by atoms with Gasteiger partial charge in [-0.25, -0.2) is 0 Å². The van der Waals surface area contributed by atoms with Gasteiger partial charge >= 0.3 is 0 Å². The number of anilines is 2. The van der Waals surface area contributed by atoms with E-state index in [1.807, 2.05) is 13.0 Å². The molecule has 0 fully saturated rings. The predicted molar refractivity (Wildman–Crippen MR) is 79.2 cm³/mol. The molecular formula is C15H14ClNO3. The van der Waals surface area contributed by atoms with Gasteiger partial charge in [-0.15, -0.1) is 0 Å². The van der Waals surface area contributed by atoms with Gasteiger partial charge < -0.3 is 9.73 Å². The van der Waals surface area contributed by atoms with E-state index >= 15 is 0 Å². The second kappa shape index (κ2) is 5.51. The first-order valence-electron chi connectivity index (χ1n) is 6.07. The van der Waals surface area contributed by atoms with E-state index in [1.165, 1.54) is 13.0 Å². The van der Waals surface area contributed by atoms with Crippen LogP contribution in [0.2, 0.25) is 5.02 Å². The van der Waals surface area contributed by atoms with Crippen LogP contribution in [0.1, 0.15) is 28.6 Å². The van der Waals surface area contributed by atoms with Gasteiger partial charge in [-0.05, 0) is 38.5 Å². The number of hydrogen-bond donors (Lipinski definition) is 1. The van der Waals surface area contributed by atoms with Crippen molar-refractivity contribution in [2.45, 2.75) is 20.8 Å². The van der Waals surface area contributed by atoms with Crippen molar-refractivity contribution < 1.29 is 9.21 Å². The van der Waals surface area contributed by atoms with Crippen molar-refractivity contribution in [2.24, 2.45) is 0 Å². The Labute approximate surface area is 121 Å². The molecule has 4 nitrogen and oxygen atoms in total. The molecule has 5 heteroatoms. The SMILES string of the molecule is CC(=O)c1c(Nc2cc(Cl)ccc2C)oc(C)cc1=O. The highest BCUT2D eigenvalue weighted by Crippen LogP contribution is 2.26. The molecule has 0 bridgehead atoms. The zero-order valence-electron chi connectivity index (χ0n) is 11.4. The summed E-state index contributed by atoms with van der Waals surface area (Å²) < 4.78 is 5.47. The Hall–Kier alpha value is -2.07. The monoisotopic (exact) mass is 291 g/mol. The van der Waals surface area contributed by atoms with Crippen molar-refractivity contribution in [3.8, 4) is 0 Å². The van der Waals surface area contributed by atoms with E-state index in [-0.39, 0.29) is 22.7 Å². The molecule has 0 aliphatic heterocycles. The lowest BCUT2D eigenvalue weighted by molar-refractivity contribution is 0.101. The molecule has 0 spiro atoms. The number of nitrogens with one attached hydrogen (secondary N) is 1. The van der Waals surface area contributed by atoms with Crippen LogP contribution in [0.15, 0.2) is 33.5 Å². The fraction of sp³-hybridized carbons (Fsp3) is 0.200. The van der Waals surface area contributed by atoms with Crippen LogP contribution >= 0.6 is 11.6 Å². The topological polar surface area (TPSA) is 59.3 Å². The van der Waals surface area contributed by atoms with Crippen molar-refractivity contribution in [1.82, 2.24) is 0 Å². The zero-order chi connectivity index (χ0) is 14.9. The third-order valence-electron chi connectivity index (χ3n) is 2.87. The summed E-state index contributed by atoms with van der Waals surface area (Å²) in [6.07, 6.45) is 0. The van der Waals surface area contributed by atoms with Gasteiger partial charge in [0.2, 0.25) is 5.88 Å². The Balaban J connectivity index is 2.56. The molecule has 1 aromatic heterocycles. The molecule has 2 aromatic rings. The summed E-state index contributed by atoms with van der Waals surface area (Å²) in [4.78, 5) is 23.5. The van der Waals surface area contributed by atoms with Gasteiger partial charge in [0.05, 0.1) is 0 Å². The molecule has 0 aliphatic rings. The average molecular weight is 292 g/mol. The van der Waals surface area contributed by atoms with Gasteiger partial charge in [-0.1, -0.05) is 17.7 Å². The number of carbonyl (C=O) groups is 1. The lowest BCUT2D eigenvalue weighted by Crippen LogP contribution is -2.15. The minimum absolute atomic E-state index is 0.00924. The first kappa shape index (κ1) is 14.3. The van der Waals surface area contributed by atoms with E-state index in [1.54, 1.807) is 19.1 Å². The van der Waals surface area contributed by atoms with Crippen LogP contribution < -0.4 is 10.7 Å². The molecule has 0 aliphatic carbocycles. The van der Waals surface area contributed by atoms with Crippen molar-refractivity contribution >= 4 is 29.0 Å². The molecule has 0 atom stereocenters. The summed E-state index contributed by atoms with van der Waals surface area (Å²) >= 11 is 5.95. The van der Waals surface area contributed by atoms with Crippen LogP contribution in [0.4, 0.5) is 11.6 Å². The second-order valence-electron chi connectivity index (χ2n) is 4.57. The van der Waals surface area contributed by atoms with Crippen LogP contribution in [0.5, 0.6) is 0 Å². The fourth-order valence-electron chi connectivity index (χ4n) is 1.88. The van der Waals surface area contributed by atoms with Crippen molar-refractivity contribution in [2.75, 3.05) is 5.32 Å². The molecule has 1 N–H and O–H groups in total. The van der Waals surface area contributed by atoms with Gasteiger partial charge in [-0.2, -0.15) is 0 Å². The van der Waals surface area contributed by atoms with Gasteiger partial charge in [0, 0.05) is 16.8 Å². The van der Waals surface area contributed by atoms with E-state index in [4.69, 9.17) is 16.0 Å². The highest BCUT2D eigenvalue weighted by molar-refractivity contribution is 6.30. The van der Waals surface area contributed by atoms with Crippen LogP contribution in [0.3, 0.4) is 0 Å². The van der Waals surface area contributed by atoms with E-state index in [9.17, 15) is 9.59 Å². The van der Waals surface area contributed by atoms with Crippen molar-refractivity contribution in [3.05, 3.63) is 56.4 Å². The lowest BCUT2D eigenvalue weighted by Gasteiger charge is -2.11. The number of Topliss-reactive ketones (excluding diaryl/α,β-unsaturated/α-hetero) is 1. The molecule has 1 heterocycles. The highest BCUT2D eigenvalue weighted by Gasteiger charge is 2.16. The highest BCUT2D eigenvalue weighted by atomic mass is 35.5. The van der Waals surface area contributed by atoms with E-state index in [2.05, 4.69) is 5.32 Å². The van der Waals surface area contributed by atoms with Crippen molar-refractivity contribution in [3.63, 3.8) is 0 Å². The number of ketones is 1. The number of halogens is 1. The molecule has 20 heavy (non-hydrogen) atoms. The predicted octanol–water partition coefficient (Wildman–Crippen LogP) is 3.86. The summed E-state index contributed by atoms with van der Waals surface area (Å²) in [5.74, 6) is 0.232. The maximum Gasteiger partial charge on any atom is 0.212 e. The van der Waals surface area contributed by atoms with Crippen LogP contribution in [0, 0.1) is 13.8 Å². The summed E-state index contributed by atoms with van der Waals surface area (Å²) in [5.41, 5.74) is 1.26. The average Bonchev–Trinajstić information content (AvgIpc) is 2.32. The Bertz CT molecular complexity index is 734. The Morgan fingerprint density at radius 2 is 1.95 bits per heavy atom. The molecule has 1 aromatic carbocycles. The quantitative estimate of drug-likeness (QED) is 0.873. The first-order valence-corrected chi connectivity index (χ1v) is 6.45. The summed E-state index contributed by atoms with van der Waals surface area (Å²) in [6, 6.07) is 6.61. The number of rotatable bonds is 3. The van der Waals surface area contributed by atoms with Gasteiger partial charge in [0.1, 0.15) is 11.3 Å². The van der Waals surface area contributed by atoms with Crippen LogP contribution in [0.25, 0.3) is 0 Å². The number of carbonyl (C=O) groups excluding carboxylic acids is 1. The molecule has 0 radical (unpaired) electrons. The minimum atomic E-state index is -0.358.